The lowest BCUT2D eigenvalue weighted by molar-refractivity contribution is -0.138. The van der Waals surface area contributed by atoms with Gasteiger partial charge < -0.3 is 9.84 Å². The number of halogens is 6. The average molecular weight is 602 g/mol. The van der Waals surface area contributed by atoms with Crippen molar-refractivity contribution in [3.8, 4) is 5.75 Å². The van der Waals surface area contributed by atoms with Gasteiger partial charge in [0.1, 0.15) is 23.5 Å². The van der Waals surface area contributed by atoms with Gasteiger partial charge in [0.25, 0.3) is 10.0 Å². The van der Waals surface area contributed by atoms with Crippen molar-refractivity contribution in [2.45, 2.75) is 36.9 Å². The number of allylic oxidation sites excluding steroid dienone is 1. The highest BCUT2D eigenvalue weighted by Crippen LogP contribution is 2.40. The van der Waals surface area contributed by atoms with Crippen molar-refractivity contribution < 1.29 is 45.0 Å². The van der Waals surface area contributed by atoms with Crippen LogP contribution in [0.1, 0.15) is 36.5 Å². The second-order valence-electron chi connectivity index (χ2n) is 9.03. The Bertz CT molecular complexity index is 1590. The summed E-state index contributed by atoms with van der Waals surface area (Å²) in [5.74, 6) is -3.14. The smallest absolute Gasteiger partial charge is 0.416 e. The molecule has 0 fully saturated rings. The van der Waals surface area contributed by atoms with E-state index >= 15 is 0 Å². The van der Waals surface area contributed by atoms with Crippen LogP contribution < -0.4 is 9.04 Å². The Kier molecular flexibility index (Phi) is 8.13. The molecule has 1 aliphatic heterocycles. The minimum Gasteiger partial charge on any atom is -0.486 e. The van der Waals surface area contributed by atoms with Gasteiger partial charge in [-0.05, 0) is 66.9 Å². The highest BCUT2D eigenvalue weighted by atomic mass is 35.5. The summed E-state index contributed by atoms with van der Waals surface area (Å²) in [4.78, 5) is 10.1. The zero-order valence-corrected chi connectivity index (χ0v) is 22.2. The Balaban J connectivity index is 1.82. The molecular formula is C27H21ClF5NO5S. The molecule has 1 aliphatic rings. The molecule has 6 nitrogen and oxygen atoms in total. The number of anilines is 1. The number of benzene rings is 3. The number of fused-ring (bicyclic) bond motifs is 1. The Morgan fingerprint density at radius 3 is 2.52 bits per heavy atom. The number of carboxylic acids is 1. The Morgan fingerprint density at radius 2 is 1.88 bits per heavy atom. The lowest BCUT2D eigenvalue weighted by atomic mass is 10.0. The monoisotopic (exact) mass is 601 g/mol. The molecule has 0 saturated carbocycles. The van der Waals surface area contributed by atoms with E-state index in [1.54, 1.807) is 6.92 Å². The third kappa shape index (κ3) is 6.23. The van der Waals surface area contributed by atoms with Gasteiger partial charge in [-0.15, -0.1) is 0 Å². The van der Waals surface area contributed by atoms with Crippen molar-refractivity contribution in [3.05, 3.63) is 87.9 Å². The molecule has 0 spiro atoms. The zero-order chi connectivity index (χ0) is 29.4. The molecular weight excluding hydrogens is 581 g/mol. The lowest BCUT2D eigenvalue weighted by Crippen LogP contribution is -2.43. The highest BCUT2D eigenvalue weighted by Gasteiger charge is 2.38. The number of alkyl halides is 3. The fourth-order valence-electron chi connectivity index (χ4n) is 4.28. The first-order valence-corrected chi connectivity index (χ1v) is 13.5. The minimum absolute atomic E-state index is 0.0105. The van der Waals surface area contributed by atoms with Crippen LogP contribution in [0.2, 0.25) is 5.02 Å². The van der Waals surface area contributed by atoms with Crippen molar-refractivity contribution >= 4 is 44.9 Å². The summed E-state index contributed by atoms with van der Waals surface area (Å²) in [7, 11) is -4.80. The van der Waals surface area contributed by atoms with Gasteiger partial charge in [-0.3, -0.25) is 9.10 Å². The van der Waals surface area contributed by atoms with Gasteiger partial charge in [0.15, 0.2) is 0 Å². The summed E-state index contributed by atoms with van der Waals surface area (Å²) in [6.07, 6.45) is -4.92. The van der Waals surface area contributed by atoms with Crippen LogP contribution in [0.15, 0.2) is 59.5 Å². The van der Waals surface area contributed by atoms with Crippen LogP contribution in [-0.2, 0) is 21.0 Å². The highest BCUT2D eigenvalue weighted by molar-refractivity contribution is 7.92. The third-order valence-electron chi connectivity index (χ3n) is 6.12. The molecule has 3 aromatic rings. The molecule has 40 heavy (non-hydrogen) atoms. The molecule has 1 N–H and O–H groups in total. The summed E-state index contributed by atoms with van der Waals surface area (Å²) in [6.45, 7) is 1.13. The number of hydrogen-bond donors (Lipinski definition) is 1. The summed E-state index contributed by atoms with van der Waals surface area (Å²) < 4.78 is 102. The molecule has 0 aliphatic carbocycles. The molecule has 0 radical (unpaired) electrons. The summed E-state index contributed by atoms with van der Waals surface area (Å²) >= 11 is 6.14. The molecule has 0 bridgehead atoms. The first-order chi connectivity index (χ1) is 18.7. The van der Waals surface area contributed by atoms with Gasteiger partial charge in [-0.25, -0.2) is 17.2 Å². The van der Waals surface area contributed by atoms with E-state index in [1.165, 1.54) is 42.5 Å². The van der Waals surface area contributed by atoms with E-state index < -0.39 is 56.9 Å². The SMILES string of the molecule is CC(=Cc1ccc2c(c1)N(S(=O)(=O)c1cc(F)cc(C(F)(F)F)c1)CC(CCC(=O)O)O2)c1c(F)cccc1Cl. The van der Waals surface area contributed by atoms with Crippen molar-refractivity contribution in [2.75, 3.05) is 10.8 Å². The minimum atomic E-state index is -5.01. The predicted octanol–water partition coefficient (Wildman–Crippen LogP) is 7.02. The second-order valence-corrected chi connectivity index (χ2v) is 11.3. The maximum atomic E-state index is 14.4. The number of carboxylic acid groups (broad SMARTS) is 1. The first kappa shape index (κ1) is 29.3. The van der Waals surface area contributed by atoms with Gasteiger partial charge in [0.05, 0.1) is 27.7 Å². The number of aliphatic carboxylic acids is 1. The van der Waals surface area contributed by atoms with Crippen LogP contribution >= 0.6 is 11.6 Å². The van der Waals surface area contributed by atoms with E-state index in [2.05, 4.69) is 0 Å². The van der Waals surface area contributed by atoms with Gasteiger partial charge in [-0.2, -0.15) is 13.2 Å². The predicted molar refractivity (Wildman–Crippen MR) is 139 cm³/mol. The van der Waals surface area contributed by atoms with E-state index in [-0.39, 0.29) is 40.9 Å². The van der Waals surface area contributed by atoms with Crippen LogP contribution in [0, 0.1) is 11.6 Å². The first-order valence-electron chi connectivity index (χ1n) is 11.7. The molecule has 212 valence electrons. The molecule has 3 aromatic carbocycles. The van der Waals surface area contributed by atoms with Crippen LogP contribution in [0.5, 0.6) is 5.75 Å². The van der Waals surface area contributed by atoms with E-state index in [1.807, 2.05) is 0 Å². The quantitative estimate of drug-likeness (QED) is 0.232. The summed E-state index contributed by atoms with van der Waals surface area (Å²) in [5.41, 5.74) is -0.676. The van der Waals surface area contributed by atoms with Gasteiger partial charge in [0.2, 0.25) is 0 Å². The molecule has 0 aromatic heterocycles. The number of ether oxygens (including phenoxy) is 1. The fourth-order valence-corrected chi connectivity index (χ4v) is 6.15. The van der Waals surface area contributed by atoms with Crippen molar-refractivity contribution in [1.29, 1.82) is 0 Å². The topological polar surface area (TPSA) is 83.9 Å². The van der Waals surface area contributed by atoms with Crippen LogP contribution in [-0.4, -0.2) is 32.1 Å². The van der Waals surface area contributed by atoms with Crippen molar-refractivity contribution in [3.63, 3.8) is 0 Å². The summed E-state index contributed by atoms with van der Waals surface area (Å²) in [6, 6.07) is 9.44. The standard InChI is InChI=1S/C27H21ClF5NO5S/c1-15(26-21(28)3-2-4-22(26)30)9-16-5-7-24-23(10-16)34(14-19(39-24)6-8-25(35)36)40(37,38)20-12-17(27(31,32)33)11-18(29)13-20/h2-5,7,9-13,19H,6,8,14H2,1H3,(H,35,36). The van der Waals surface area contributed by atoms with Crippen molar-refractivity contribution in [1.82, 2.24) is 0 Å². The van der Waals surface area contributed by atoms with Crippen LogP contribution in [0.4, 0.5) is 27.6 Å². The zero-order valence-electron chi connectivity index (χ0n) is 20.7. The number of carbonyl (C=O) groups is 1. The maximum absolute atomic E-state index is 14.4. The Morgan fingerprint density at radius 1 is 1.15 bits per heavy atom. The van der Waals surface area contributed by atoms with Gasteiger partial charge in [-0.1, -0.05) is 29.8 Å². The number of hydrogen-bond acceptors (Lipinski definition) is 4. The van der Waals surface area contributed by atoms with E-state index in [0.29, 0.717) is 23.3 Å². The number of sulfonamides is 1. The third-order valence-corrected chi connectivity index (χ3v) is 8.19. The molecule has 0 saturated heterocycles. The van der Waals surface area contributed by atoms with Crippen LogP contribution in [0.25, 0.3) is 11.6 Å². The fraction of sp³-hybridized carbons (Fsp3) is 0.222. The van der Waals surface area contributed by atoms with Crippen LogP contribution in [0.3, 0.4) is 0 Å². The van der Waals surface area contributed by atoms with Crippen molar-refractivity contribution in [2.24, 2.45) is 0 Å². The molecule has 1 atom stereocenters. The molecule has 1 unspecified atom stereocenters. The van der Waals surface area contributed by atoms with Gasteiger partial charge in [0, 0.05) is 12.0 Å². The molecule has 1 heterocycles. The summed E-state index contributed by atoms with van der Waals surface area (Å²) in [5, 5.41) is 9.20. The lowest BCUT2D eigenvalue weighted by Gasteiger charge is -2.35. The maximum Gasteiger partial charge on any atom is 0.416 e. The van der Waals surface area contributed by atoms with E-state index in [0.717, 1.165) is 4.31 Å². The molecule has 0 amide bonds. The normalized spacial score (nSPS) is 15.9. The Hall–Kier alpha value is -3.64. The average Bonchev–Trinajstić information content (AvgIpc) is 2.86. The number of nitrogens with zero attached hydrogens (tertiary/aromatic N) is 1. The molecule has 4 rings (SSSR count). The number of rotatable bonds is 7. The van der Waals surface area contributed by atoms with E-state index in [9.17, 15) is 35.2 Å². The Labute approximate surface area is 231 Å². The molecule has 13 heteroatoms. The van der Waals surface area contributed by atoms with E-state index in [4.69, 9.17) is 21.4 Å². The van der Waals surface area contributed by atoms with Gasteiger partial charge >= 0.3 is 12.1 Å². The second kappa shape index (κ2) is 11.1. The largest absolute Gasteiger partial charge is 0.486 e.